The highest BCUT2D eigenvalue weighted by Gasteiger charge is 2.50. The molecule has 0 radical (unpaired) electrons. The molecule has 0 aromatic carbocycles. The van der Waals surface area contributed by atoms with Gasteiger partial charge in [0.1, 0.15) is 0 Å². The monoisotopic (exact) mass is 382 g/mol. The van der Waals surface area contributed by atoms with Crippen molar-refractivity contribution in [3.05, 3.63) is 47.6 Å². The number of aliphatic hydroxyl groups excluding tert-OH is 1. The minimum Gasteiger partial charge on any atom is -0.393 e. The molecular formula is C27H42O. The topological polar surface area (TPSA) is 20.2 Å². The molecule has 0 aromatic rings. The van der Waals surface area contributed by atoms with Crippen molar-refractivity contribution in [2.24, 2.45) is 29.1 Å². The molecule has 0 heterocycles. The van der Waals surface area contributed by atoms with Crippen LogP contribution in [-0.2, 0) is 0 Å². The summed E-state index contributed by atoms with van der Waals surface area (Å²) in [5.74, 6) is 2.98. The Morgan fingerprint density at radius 2 is 1.93 bits per heavy atom. The van der Waals surface area contributed by atoms with Crippen molar-refractivity contribution in [3.8, 4) is 0 Å². The van der Waals surface area contributed by atoms with Crippen LogP contribution in [0.25, 0.3) is 0 Å². The number of hydrogen-bond donors (Lipinski definition) is 1. The van der Waals surface area contributed by atoms with Crippen molar-refractivity contribution < 1.29 is 5.11 Å². The Hall–Kier alpha value is -1.08. The summed E-state index contributed by atoms with van der Waals surface area (Å²) in [6.45, 7) is 13.9. The molecule has 1 nitrogen and oxygen atoms in total. The molecule has 0 aliphatic heterocycles. The molecule has 0 spiro atoms. The first-order valence-corrected chi connectivity index (χ1v) is 11.7. The lowest BCUT2D eigenvalue weighted by molar-refractivity contribution is 0.112. The summed E-state index contributed by atoms with van der Waals surface area (Å²) in [6, 6.07) is 0. The lowest BCUT2D eigenvalue weighted by Gasteiger charge is -2.44. The van der Waals surface area contributed by atoms with E-state index >= 15 is 0 Å². The lowest BCUT2D eigenvalue weighted by Crippen LogP contribution is -2.35. The summed E-state index contributed by atoms with van der Waals surface area (Å²) in [6.07, 6.45) is 19.9. The fraction of sp³-hybridized carbons (Fsp3) is 0.704. The van der Waals surface area contributed by atoms with Gasteiger partial charge in [0, 0.05) is 0 Å². The van der Waals surface area contributed by atoms with Gasteiger partial charge in [0.05, 0.1) is 6.10 Å². The average molecular weight is 383 g/mol. The third-order valence-corrected chi connectivity index (χ3v) is 7.91. The Kier molecular flexibility index (Phi) is 7.07. The first-order chi connectivity index (χ1) is 13.3. The maximum absolute atomic E-state index is 10.0. The largest absolute Gasteiger partial charge is 0.393 e. The lowest BCUT2D eigenvalue weighted by atomic mass is 9.61. The van der Waals surface area contributed by atoms with E-state index in [0.29, 0.717) is 11.3 Å². The van der Waals surface area contributed by atoms with E-state index in [1.807, 2.05) is 0 Å². The SMILES string of the molecule is C=C1CC[C@@H](O)CC1=CC=C1CCC[C@]2(C)[C@@H]([C@H](C)C=CCC(C)C)CC[C@@H]12. The highest BCUT2D eigenvalue weighted by atomic mass is 16.3. The molecule has 156 valence electrons. The standard InChI is InChI=1S/C27H42O/c1-19(2)8-6-9-21(4)25-15-16-26-22(10-7-17-27(25,26)5)12-13-23-18-24(28)14-11-20(23)3/h6,9,12-13,19,21,24-26,28H,3,7-8,10-11,14-18H2,1-2,4-5H3/t21-,24-,25-,26+,27-/m1/s1. The second-order valence-electron chi connectivity index (χ2n) is 10.4. The predicted molar refractivity (Wildman–Crippen MR) is 121 cm³/mol. The first-order valence-electron chi connectivity index (χ1n) is 11.7. The molecule has 0 amide bonds. The Morgan fingerprint density at radius 3 is 2.68 bits per heavy atom. The average Bonchev–Trinajstić information content (AvgIpc) is 2.99. The molecule has 3 rings (SSSR count). The molecule has 3 saturated carbocycles. The smallest absolute Gasteiger partial charge is 0.0583 e. The summed E-state index contributed by atoms with van der Waals surface area (Å²) < 4.78 is 0. The second kappa shape index (κ2) is 9.16. The van der Waals surface area contributed by atoms with Crippen LogP contribution in [0.15, 0.2) is 47.6 Å². The van der Waals surface area contributed by atoms with Crippen LogP contribution in [0, 0.1) is 29.1 Å². The van der Waals surface area contributed by atoms with Crippen molar-refractivity contribution in [3.63, 3.8) is 0 Å². The van der Waals surface area contributed by atoms with Crippen LogP contribution in [-0.4, -0.2) is 11.2 Å². The van der Waals surface area contributed by atoms with Gasteiger partial charge in [-0.3, -0.25) is 0 Å². The summed E-state index contributed by atoms with van der Waals surface area (Å²) >= 11 is 0. The van der Waals surface area contributed by atoms with E-state index in [1.54, 1.807) is 5.57 Å². The van der Waals surface area contributed by atoms with Gasteiger partial charge in [-0.2, -0.15) is 0 Å². The maximum atomic E-state index is 10.0. The third-order valence-electron chi connectivity index (χ3n) is 7.91. The van der Waals surface area contributed by atoms with Gasteiger partial charge >= 0.3 is 0 Å². The summed E-state index contributed by atoms with van der Waals surface area (Å²) in [5.41, 5.74) is 4.62. The van der Waals surface area contributed by atoms with Gasteiger partial charge in [0.25, 0.3) is 0 Å². The fourth-order valence-electron chi connectivity index (χ4n) is 6.24. The number of aliphatic hydroxyl groups is 1. The van der Waals surface area contributed by atoms with Crippen molar-refractivity contribution in [2.75, 3.05) is 0 Å². The number of rotatable bonds is 5. The van der Waals surface area contributed by atoms with Crippen molar-refractivity contribution >= 4 is 0 Å². The molecule has 0 unspecified atom stereocenters. The van der Waals surface area contributed by atoms with Gasteiger partial charge in [0.15, 0.2) is 0 Å². The first kappa shape index (κ1) is 21.6. The van der Waals surface area contributed by atoms with Crippen LogP contribution in [0.5, 0.6) is 0 Å². The number of fused-ring (bicyclic) bond motifs is 1. The fourth-order valence-corrected chi connectivity index (χ4v) is 6.24. The number of allylic oxidation sites excluding steroid dienone is 6. The van der Waals surface area contributed by atoms with Gasteiger partial charge in [0.2, 0.25) is 0 Å². The summed E-state index contributed by atoms with van der Waals surface area (Å²) in [4.78, 5) is 0. The van der Waals surface area contributed by atoms with E-state index in [0.717, 1.165) is 37.0 Å². The van der Waals surface area contributed by atoms with Crippen molar-refractivity contribution in [2.45, 2.75) is 91.6 Å². The molecule has 0 saturated heterocycles. The van der Waals surface area contributed by atoms with Gasteiger partial charge in [-0.1, -0.05) is 69.7 Å². The minimum absolute atomic E-state index is 0.180. The Bertz CT molecular complexity index is 649. The predicted octanol–water partition coefficient (Wildman–Crippen LogP) is 7.40. The summed E-state index contributed by atoms with van der Waals surface area (Å²) in [7, 11) is 0. The van der Waals surface area contributed by atoms with Gasteiger partial charge in [-0.25, -0.2) is 0 Å². The van der Waals surface area contributed by atoms with E-state index in [1.165, 1.54) is 49.7 Å². The molecule has 0 aromatic heterocycles. The molecule has 3 fully saturated rings. The van der Waals surface area contributed by atoms with Crippen molar-refractivity contribution in [1.29, 1.82) is 0 Å². The van der Waals surface area contributed by atoms with E-state index in [2.05, 4.69) is 58.6 Å². The van der Waals surface area contributed by atoms with Gasteiger partial charge in [-0.05, 0) is 92.4 Å². The zero-order valence-corrected chi connectivity index (χ0v) is 18.7. The van der Waals surface area contributed by atoms with Crippen LogP contribution in [0.2, 0.25) is 0 Å². The third kappa shape index (κ3) is 4.73. The molecular weight excluding hydrogens is 340 g/mol. The Balaban J connectivity index is 1.74. The molecule has 3 aliphatic carbocycles. The van der Waals surface area contributed by atoms with Crippen LogP contribution in [0.4, 0.5) is 0 Å². The number of hydrogen-bond acceptors (Lipinski definition) is 1. The molecule has 28 heavy (non-hydrogen) atoms. The Morgan fingerprint density at radius 1 is 1.14 bits per heavy atom. The zero-order chi connectivity index (χ0) is 20.3. The molecule has 1 N–H and O–H groups in total. The summed E-state index contributed by atoms with van der Waals surface area (Å²) in [5, 5.41) is 10.0. The molecule has 5 atom stereocenters. The van der Waals surface area contributed by atoms with Crippen LogP contribution in [0.3, 0.4) is 0 Å². The highest BCUT2D eigenvalue weighted by molar-refractivity contribution is 5.36. The Labute approximate surface area is 173 Å². The second-order valence-corrected chi connectivity index (χ2v) is 10.4. The van der Waals surface area contributed by atoms with Crippen LogP contribution >= 0.6 is 0 Å². The molecule has 0 bridgehead atoms. The molecule has 1 heteroatoms. The quantitative estimate of drug-likeness (QED) is 0.491. The van der Waals surface area contributed by atoms with Crippen molar-refractivity contribution in [1.82, 2.24) is 0 Å². The highest BCUT2D eigenvalue weighted by Crippen LogP contribution is 2.59. The van der Waals surface area contributed by atoms with E-state index < -0.39 is 0 Å². The van der Waals surface area contributed by atoms with E-state index in [-0.39, 0.29) is 6.10 Å². The van der Waals surface area contributed by atoms with E-state index in [9.17, 15) is 5.11 Å². The maximum Gasteiger partial charge on any atom is 0.0583 e. The minimum atomic E-state index is -0.180. The van der Waals surface area contributed by atoms with Crippen LogP contribution in [0.1, 0.15) is 85.5 Å². The molecule has 3 aliphatic rings. The zero-order valence-electron chi connectivity index (χ0n) is 18.7. The van der Waals surface area contributed by atoms with Crippen LogP contribution < -0.4 is 0 Å². The van der Waals surface area contributed by atoms with Gasteiger partial charge in [-0.15, -0.1) is 0 Å². The van der Waals surface area contributed by atoms with E-state index in [4.69, 9.17) is 0 Å². The normalized spacial score (nSPS) is 37.9. The van der Waals surface area contributed by atoms with Gasteiger partial charge < -0.3 is 5.11 Å².